The first-order valence-electron chi connectivity index (χ1n) is 5.99. The molecule has 1 aromatic carbocycles. The minimum absolute atomic E-state index is 0.0290. The number of nitrogens with one attached hydrogen (secondary N) is 1. The summed E-state index contributed by atoms with van der Waals surface area (Å²) in [4.78, 5) is 11.9. The number of benzene rings is 1. The maximum atomic E-state index is 11.9. The van der Waals surface area contributed by atoms with E-state index in [1.807, 2.05) is 29.6 Å². The molecular formula is C14H12INO2S. The van der Waals surface area contributed by atoms with Crippen molar-refractivity contribution in [2.75, 3.05) is 6.54 Å². The molecule has 0 saturated carbocycles. The average Bonchev–Trinajstić information content (AvgIpc) is 3.01. The third-order valence-corrected chi connectivity index (χ3v) is 4.82. The number of para-hydroxylation sites is 1. The van der Waals surface area contributed by atoms with Crippen molar-refractivity contribution in [3.8, 4) is 5.75 Å². The molecule has 0 radical (unpaired) electrons. The first kappa shape index (κ1) is 12.9. The molecule has 5 heteroatoms. The van der Waals surface area contributed by atoms with Crippen LogP contribution in [0.15, 0.2) is 35.7 Å². The summed E-state index contributed by atoms with van der Waals surface area (Å²) in [5, 5.41) is 4.80. The van der Waals surface area contributed by atoms with E-state index in [0.717, 1.165) is 20.6 Å². The number of halogens is 1. The molecular weight excluding hydrogens is 373 g/mol. The minimum atomic E-state index is -0.0290. The SMILES string of the molecule is O=C(NCC1Cc2ccccc2O1)c1csc(I)c1. The summed E-state index contributed by atoms with van der Waals surface area (Å²) < 4.78 is 6.90. The van der Waals surface area contributed by atoms with Crippen molar-refractivity contribution in [2.24, 2.45) is 0 Å². The molecule has 0 bridgehead atoms. The smallest absolute Gasteiger partial charge is 0.252 e. The fourth-order valence-corrected chi connectivity index (χ4v) is 3.43. The van der Waals surface area contributed by atoms with Crippen molar-refractivity contribution in [2.45, 2.75) is 12.5 Å². The van der Waals surface area contributed by atoms with Gasteiger partial charge in [-0.2, -0.15) is 0 Å². The van der Waals surface area contributed by atoms with Crippen LogP contribution in [0, 0.1) is 2.88 Å². The Bertz CT molecular complexity index is 586. The Hall–Kier alpha value is -1.08. The Morgan fingerprint density at radius 3 is 3.05 bits per heavy atom. The summed E-state index contributed by atoms with van der Waals surface area (Å²) in [6.07, 6.45) is 0.900. The van der Waals surface area contributed by atoms with E-state index in [0.29, 0.717) is 6.54 Å². The molecule has 2 heterocycles. The van der Waals surface area contributed by atoms with Gasteiger partial charge in [-0.25, -0.2) is 0 Å². The molecule has 0 spiro atoms. The quantitative estimate of drug-likeness (QED) is 0.825. The van der Waals surface area contributed by atoms with Crippen LogP contribution in [0.1, 0.15) is 15.9 Å². The van der Waals surface area contributed by atoms with Crippen molar-refractivity contribution in [1.82, 2.24) is 5.32 Å². The van der Waals surface area contributed by atoms with E-state index in [1.54, 1.807) is 11.3 Å². The van der Waals surface area contributed by atoms with Gasteiger partial charge in [0.25, 0.3) is 5.91 Å². The maximum absolute atomic E-state index is 11.9. The molecule has 1 aliphatic heterocycles. The molecule has 1 aliphatic rings. The highest BCUT2D eigenvalue weighted by molar-refractivity contribution is 14.1. The van der Waals surface area contributed by atoms with Gasteiger partial charge in [-0.05, 0) is 40.3 Å². The van der Waals surface area contributed by atoms with E-state index < -0.39 is 0 Å². The van der Waals surface area contributed by atoms with Gasteiger partial charge in [-0.1, -0.05) is 18.2 Å². The van der Waals surface area contributed by atoms with Crippen LogP contribution in [0.25, 0.3) is 0 Å². The number of hydrogen-bond acceptors (Lipinski definition) is 3. The lowest BCUT2D eigenvalue weighted by molar-refractivity contribution is 0.0934. The van der Waals surface area contributed by atoms with Gasteiger partial charge < -0.3 is 10.1 Å². The second-order valence-electron chi connectivity index (χ2n) is 4.40. The van der Waals surface area contributed by atoms with E-state index >= 15 is 0 Å². The third-order valence-electron chi connectivity index (χ3n) is 3.03. The zero-order valence-corrected chi connectivity index (χ0v) is 13.0. The largest absolute Gasteiger partial charge is 0.488 e. The van der Waals surface area contributed by atoms with E-state index in [-0.39, 0.29) is 12.0 Å². The molecule has 3 rings (SSSR count). The zero-order valence-electron chi connectivity index (χ0n) is 10.1. The standard InChI is InChI=1S/C14H12INO2S/c15-13-6-10(8-19-13)14(17)16-7-11-5-9-3-1-2-4-12(9)18-11/h1-4,6,8,11H,5,7H2,(H,16,17). The summed E-state index contributed by atoms with van der Waals surface area (Å²) in [6.45, 7) is 0.542. The molecule has 1 amide bonds. The highest BCUT2D eigenvalue weighted by Gasteiger charge is 2.22. The maximum Gasteiger partial charge on any atom is 0.252 e. The normalized spacial score (nSPS) is 16.8. The van der Waals surface area contributed by atoms with Gasteiger partial charge in [0.05, 0.1) is 15.0 Å². The molecule has 3 nitrogen and oxygen atoms in total. The molecule has 0 fully saturated rings. The van der Waals surface area contributed by atoms with Crippen LogP contribution < -0.4 is 10.1 Å². The van der Waals surface area contributed by atoms with Crippen LogP contribution in [0.5, 0.6) is 5.75 Å². The number of hydrogen-bond donors (Lipinski definition) is 1. The monoisotopic (exact) mass is 385 g/mol. The molecule has 98 valence electrons. The first-order chi connectivity index (χ1) is 9.22. The Morgan fingerprint density at radius 1 is 1.47 bits per heavy atom. The molecule has 1 atom stereocenters. The van der Waals surface area contributed by atoms with Crippen molar-refractivity contribution in [3.63, 3.8) is 0 Å². The van der Waals surface area contributed by atoms with Crippen molar-refractivity contribution in [3.05, 3.63) is 49.7 Å². The van der Waals surface area contributed by atoms with E-state index in [1.165, 1.54) is 5.56 Å². The first-order valence-corrected chi connectivity index (χ1v) is 7.95. The summed E-state index contributed by atoms with van der Waals surface area (Å²) in [6, 6.07) is 9.91. The predicted octanol–water partition coefficient (Wildman–Crippen LogP) is 3.09. The molecule has 19 heavy (non-hydrogen) atoms. The van der Waals surface area contributed by atoms with Crippen LogP contribution in [0.2, 0.25) is 0 Å². The lowest BCUT2D eigenvalue weighted by Crippen LogP contribution is -2.34. The highest BCUT2D eigenvalue weighted by atomic mass is 127. The van der Waals surface area contributed by atoms with Crippen LogP contribution >= 0.6 is 33.9 Å². The zero-order chi connectivity index (χ0) is 13.2. The molecule has 0 aliphatic carbocycles. The third kappa shape index (κ3) is 2.92. The average molecular weight is 385 g/mol. The van der Waals surface area contributed by atoms with Gasteiger partial charge in [0, 0.05) is 11.8 Å². The van der Waals surface area contributed by atoms with Gasteiger partial charge in [0.1, 0.15) is 11.9 Å². The van der Waals surface area contributed by atoms with Gasteiger partial charge in [-0.3, -0.25) is 4.79 Å². The molecule has 1 unspecified atom stereocenters. The number of thiophene rings is 1. The topological polar surface area (TPSA) is 38.3 Å². The van der Waals surface area contributed by atoms with Gasteiger partial charge in [0.2, 0.25) is 0 Å². The van der Waals surface area contributed by atoms with E-state index in [4.69, 9.17) is 4.74 Å². The fraction of sp³-hybridized carbons (Fsp3) is 0.214. The second kappa shape index (κ2) is 5.50. The van der Waals surface area contributed by atoms with Crippen LogP contribution in [0.3, 0.4) is 0 Å². The number of carbonyl (C=O) groups excluding carboxylic acids is 1. The van der Waals surface area contributed by atoms with Gasteiger partial charge >= 0.3 is 0 Å². The Labute approximate surface area is 129 Å². The van der Waals surface area contributed by atoms with Crippen molar-refractivity contribution >= 4 is 39.8 Å². The predicted molar refractivity (Wildman–Crippen MR) is 83.9 cm³/mol. The van der Waals surface area contributed by atoms with E-state index in [2.05, 4.69) is 34.0 Å². The fourth-order valence-electron chi connectivity index (χ4n) is 2.11. The van der Waals surface area contributed by atoms with Crippen LogP contribution in [-0.4, -0.2) is 18.6 Å². The number of carbonyl (C=O) groups is 1. The molecule has 0 saturated heterocycles. The number of ether oxygens (including phenoxy) is 1. The number of fused-ring (bicyclic) bond motifs is 1. The Kier molecular flexibility index (Phi) is 3.74. The lowest BCUT2D eigenvalue weighted by atomic mass is 10.1. The lowest BCUT2D eigenvalue weighted by Gasteiger charge is -2.11. The van der Waals surface area contributed by atoms with Gasteiger partial charge in [0.15, 0.2) is 0 Å². The second-order valence-corrected chi connectivity index (χ2v) is 7.21. The van der Waals surface area contributed by atoms with Crippen molar-refractivity contribution < 1.29 is 9.53 Å². The minimum Gasteiger partial charge on any atom is -0.488 e. The van der Waals surface area contributed by atoms with Crippen LogP contribution in [-0.2, 0) is 6.42 Å². The highest BCUT2D eigenvalue weighted by Crippen LogP contribution is 2.27. The summed E-state index contributed by atoms with van der Waals surface area (Å²) >= 11 is 3.79. The summed E-state index contributed by atoms with van der Waals surface area (Å²) in [5.41, 5.74) is 1.94. The van der Waals surface area contributed by atoms with Crippen LogP contribution in [0.4, 0.5) is 0 Å². The van der Waals surface area contributed by atoms with Gasteiger partial charge in [-0.15, -0.1) is 11.3 Å². The number of rotatable bonds is 3. The molecule has 2 aromatic rings. The molecule has 1 N–H and O–H groups in total. The number of amides is 1. The van der Waals surface area contributed by atoms with E-state index in [9.17, 15) is 4.79 Å². The summed E-state index contributed by atoms with van der Waals surface area (Å²) in [5.74, 6) is 0.908. The Morgan fingerprint density at radius 2 is 2.32 bits per heavy atom. The molecule has 1 aromatic heterocycles. The Balaban J connectivity index is 1.56. The van der Waals surface area contributed by atoms with Crippen molar-refractivity contribution in [1.29, 1.82) is 0 Å². The summed E-state index contributed by atoms with van der Waals surface area (Å²) in [7, 11) is 0.